The van der Waals surface area contributed by atoms with Crippen LogP contribution in [0.5, 0.6) is 0 Å². The van der Waals surface area contributed by atoms with Crippen molar-refractivity contribution in [2.24, 2.45) is 5.92 Å². The molecule has 1 rings (SSSR count). The number of carboxylic acids is 2. The highest BCUT2D eigenvalue weighted by molar-refractivity contribution is 5.83. The first-order valence-corrected chi connectivity index (χ1v) is 7.44. The van der Waals surface area contributed by atoms with Gasteiger partial charge in [0.1, 0.15) is 6.04 Å². The molecule has 1 aliphatic rings. The van der Waals surface area contributed by atoms with Crippen molar-refractivity contribution in [2.75, 3.05) is 0 Å². The number of nitrogens with one attached hydrogen (secondary N) is 2. The summed E-state index contributed by atoms with van der Waals surface area (Å²) in [5.74, 6) is -1.70. The molecule has 1 fully saturated rings. The van der Waals surface area contributed by atoms with Crippen LogP contribution in [-0.2, 0) is 9.59 Å². The Balaban J connectivity index is 2.42. The lowest BCUT2D eigenvalue weighted by atomic mass is 9.84. The number of hydrogen-bond acceptors (Lipinski definition) is 3. The third-order valence-electron chi connectivity index (χ3n) is 3.95. The Morgan fingerprint density at radius 3 is 2.52 bits per heavy atom. The van der Waals surface area contributed by atoms with Crippen LogP contribution in [0.4, 0.5) is 4.79 Å². The number of carbonyl (C=O) groups excluding carboxylic acids is 1. The van der Waals surface area contributed by atoms with Crippen LogP contribution in [0.1, 0.15) is 51.9 Å². The van der Waals surface area contributed by atoms with E-state index in [1.807, 2.05) is 0 Å². The Morgan fingerprint density at radius 1 is 1.24 bits per heavy atom. The monoisotopic (exact) mass is 300 g/mol. The molecule has 0 spiro atoms. The fourth-order valence-corrected chi connectivity index (χ4v) is 2.70. The van der Waals surface area contributed by atoms with Crippen molar-refractivity contribution in [1.82, 2.24) is 10.6 Å². The molecule has 1 aliphatic carbocycles. The molecule has 0 aromatic carbocycles. The lowest BCUT2D eigenvalue weighted by Crippen LogP contribution is -2.50. The van der Waals surface area contributed by atoms with Crippen molar-refractivity contribution in [3.63, 3.8) is 0 Å². The van der Waals surface area contributed by atoms with Crippen molar-refractivity contribution in [2.45, 2.75) is 64.0 Å². The third-order valence-corrected chi connectivity index (χ3v) is 3.95. The minimum Gasteiger partial charge on any atom is -0.481 e. The van der Waals surface area contributed by atoms with Gasteiger partial charge >= 0.3 is 18.0 Å². The fraction of sp³-hybridized carbons (Fsp3) is 0.786. The molecule has 0 aromatic rings. The zero-order valence-electron chi connectivity index (χ0n) is 12.3. The maximum atomic E-state index is 11.8. The van der Waals surface area contributed by atoms with Gasteiger partial charge in [-0.2, -0.15) is 0 Å². The quantitative estimate of drug-likeness (QED) is 0.569. The highest BCUT2D eigenvalue weighted by Crippen LogP contribution is 2.26. The molecule has 0 aromatic heterocycles. The van der Waals surface area contributed by atoms with Gasteiger partial charge in [0.2, 0.25) is 0 Å². The number of rotatable bonds is 7. The number of carboxylic acid groups (broad SMARTS) is 2. The van der Waals surface area contributed by atoms with Crippen LogP contribution in [0.2, 0.25) is 0 Å². The molecule has 0 heterocycles. The standard InChI is InChI=1S/C14H24N2O5/c1-2-9-4-3-5-10(8-9)15-14(21)16-11(13(19)20)6-7-12(17)18/h9-11H,2-8H2,1H3,(H,17,18)(H,19,20)(H2,15,16,21). The van der Waals surface area contributed by atoms with Crippen LogP contribution in [0.15, 0.2) is 0 Å². The van der Waals surface area contributed by atoms with Crippen LogP contribution in [0.3, 0.4) is 0 Å². The second kappa shape index (κ2) is 8.49. The molecule has 1 saturated carbocycles. The molecule has 7 nitrogen and oxygen atoms in total. The highest BCUT2D eigenvalue weighted by atomic mass is 16.4. The summed E-state index contributed by atoms with van der Waals surface area (Å²) in [6.45, 7) is 2.12. The van der Waals surface area contributed by atoms with Crippen LogP contribution in [0, 0.1) is 5.92 Å². The average molecular weight is 300 g/mol. The number of urea groups is 1. The van der Waals surface area contributed by atoms with E-state index >= 15 is 0 Å². The maximum absolute atomic E-state index is 11.8. The first-order chi connectivity index (χ1) is 9.92. The Kier molecular flexibility index (Phi) is 6.98. The Morgan fingerprint density at radius 2 is 1.95 bits per heavy atom. The van der Waals surface area contributed by atoms with E-state index in [0.717, 1.165) is 25.7 Å². The summed E-state index contributed by atoms with van der Waals surface area (Å²) in [6, 6.07) is -1.64. The zero-order chi connectivity index (χ0) is 15.8. The molecule has 21 heavy (non-hydrogen) atoms. The smallest absolute Gasteiger partial charge is 0.326 e. The van der Waals surface area contributed by atoms with Crippen molar-refractivity contribution < 1.29 is 24.6 Å². The molecule has 0 bridgehead atoms. The van der Waals surface area contributed by atoms with Gasteiger partial charge in [-0.15, -0.1) is 0 Å². The van der Waals surface area contributed by atoms with Gasteiger partial charge in [0, 0.05) is 12.5 Å². The second-order valence-corrected chi connectivity index (χ2v) is 5.58. The van der Waals surface area contributed by atoms with Crippen molar-refractivity contribution in [3.05, 3.63) is 0 Å². The number of hydrogen-bond donors (Lipinski definition) is 4. The Bertz CT molecular complexity index is 386. The number of aliphatic carboxylic acids is 2. The zero-order valence-corrected chi connectivity index (χ0v) is 12.3. The lowest BCUT2D eigenvalue weighted by Gasteiger charge is -2.29. The molecule has 7 heteroatoms. The summed E-state index contributed by atoms with van der Waals surface area (Å²) < 4.78 is 0. The molecular weight excluding hydrogens is 276 g/mol. The third kappa shape index (κ3) is 6.46. The molecule has 0 saturated heterocycles. The summed E-state index contributed by atoms with van der Waals surface area (Å²) >= 11 is 0. The maximum Gasteiger partial charge on any atom is 0.326 e. The van der Waals surface area contributed by atoms with E-state index in [1.54, 1.807) is 0 Å². The second-order valence-electron chi connectivity index (χ2n) is 5.58. The first kappa shape index (κ1) is 17.3. The van der Waals surface area contributed by atoms with Gasteiger partial charge in [0.15, 0.2) is 0 Å². The fourth-order valence-electron chi connectivity index (χ4n) is 2.70. The molecule has 3 unspecified atom stereocenters. The van der Waals surface area contributed by atoms with E-state index in [2.05, 4.69) is 17.6 Å². The van der Waals surface area contributed by atoms with Crippen LogP contribution in [-0.4, -0.2) is 40.3 Å². The minimum absolute atomic E-state index is 0.0672. The van der Waals surface area contributed by atoms with E-state index in [9.17, 15) is 14.4 Å². The normalized spacial score (nSPS) is 23.1. The SMILES string of the molecule is CCC1CCCC(NC(=O)NC(CCC(=O)O)C(=O)O)C1. The van der Waals surface area contributed by atoms with Crippen molar-refractivity contribution in [1.29, 1.82) is 0 Å². The molecule has 3 atom stereocenters. The predicted molar refractivity (Wildman–Crippen MR) is 76.0 cm³/mol. The largest absolute Gasteiger partial charge is 0.481 e. The van der Waals surface area contributed by atoms with Gasteiger partial charge in [0.05, 0.1) is 0 Å². The lowest BCUT2D eigenvalue weighted by molar-refractivity contribution is -0.140. The van der Waals surface area contributed by atoms with Crippen molar-refractivity contribution >= 4 is 18.0 Å². The summed E-state index contributed by atoms with van der Waals surface area (Å²) in [4.78, 5) is 33.3. The van der Waals surface area contributed by atoms with Crippen LogP contribution in [0.25, 0.3) is 0 Å². The van der Waals surface area contributed by atoms with E-state index in [4.69, 9.17) is 10.2 Å². The van der Waals surface area contributed by atoms with Gasteiger partial charge < -0.3 is 20.8 Å². The molecule has 0 radical (unpaired) electrons. The molecule has 0 aliphatic heterocycles. The van der Waals surface area contributed by atoms with Crippen LogP contribution >= 0.6 is 0 Å². The van der Waals surface area contributed by atoms with Gasteiger partial charge in [0.25, 0.3) is 0 Å². The van der Waals surface area contributed by atoms with Gasteiger partial charge in [-0.05, 0) is 25.2 Å². The Labute approximate surface area is 124 Å². The summed E-state index contributed by atoms with van der Waals surface area (Å²) in [7, 11) is 0. The average Bonchev–Trinajstić information content (AvgIpc) is 2.43. The summed E-state index contributed by atoms with van der Waals surface area (Å²) in [5, 5.41) is 22.7. The van der Waals surface area contributed by atoms with E-state index in [0.29, 0.717) is 5.92 Å². The van der Waals surface area contributed by atoms with Gasteiger partial charge in [-0.25, -0.2) is 9.59 Å². The van der Waals surface area contributed by atoms with Gasteiger partial charge in [-0.1, -0.05) is 26.2 Å². The van der Waals surface area contributed by atoms with Crippen molar-refractivity contribution in [3.8, 4) is 0 Å². The van der Waals surface area contributed by atoms with Gasteiger partial charge in [-0.3, -0.25) is 4.79 Å². The number of amides is 2. The highest BCUT2D eigenvalue weighted by Gasteiger charge is 2.25. The molecule has 2 amide bonds. The number of carbonyl (C=O) groups is 3. The van der Waals surface area contributed by atoms with E-state index in [1.165, 1.54) is 6.42 Å². The molecule has 4 N–H and O–H groups in total. The minimum atomic E-state index is -1.22. The van der Waals surface area contributed by atoms with E-state index < -0.39 is 24.0 Å². The van der Waals surface area contributed by atoms with Crippen LogP contribution < -0.4 is 10.6 Å². The molecule has 120 valence electrons. The summed E-state index contributed by atoms with van der Waals surface area (Å²) in [5.41, 5.74) is 0. The van der Waals surface area contributed by atoms with E-state index in [-0.39, 0.29) is 18.9 Å². The molecular formula is C14H24N2O5. The first-order valence-electron chi connectivity index (χ1n) is 7.44. The Hall–Kier alpha value is -1.79. The predicted octanol–water partition coefficient (Wildman–Crippen LogP) is 1.57. The topological polar surface area (TPSA) is 116 Å². The summed E-state index contributed by atoms with van der Waals surface area (Å²) in [6.07, 6.45) is 4.71.